The first-order chi connectivity index (χ1) is 14.9. The predicted octanol–water partition coefficient (Wildman–Crippen LogP) is 1.65. The molecule has 0 aliphatic carbocycles. The average Bonchev–Trinajstić information content (AvgIpc) is 3.42. The van der Waals surface area contributed by atoms with Gasteiger partial charge in [-0.1, -0.05) is 5.16 Å². The molecule has 31 heavy (non-hydrogen) atoms. The predicted molar refractivity (Wildman–Crippen MR) is 109 cm³/mol. The van der Waals surface area contributed by atoms with Gasteiger partial charge in [0.25, 0.3) is 0 Å². The van der Waals surface area contributed by atoms with Crippen molar-refractivity contribution in [3.8, 4) is 23.1 Å². The summed E-state index contributed by atoms with van der Waals surface area (Å²) in [5.41, 5.74) is 2.18. The highest BCUT2D eigenvalue weighted by Gasteiger charge is 2.18. The highest BCUT2D eigenvalue weighted by molar-refractivity contribution is 5.43. The van der Waals surface area contributed by atoms with Crippen molar-refractivity contribution in [2.45, 2.75) is 26.9 Å². The standard InChI is InChI=1S/C20H22N6O5/c1-12-15(13(2)31-23-12)9-25-8-14(7-22-25)26-18(27)11-24(20(26)28)10-16-19(30-4)17(29-3)5-6-21-16/h5-8,11,27H,9-10H2,1-4H3. The molecule has 0 amide bonds. The van der Waals surface area contributed by atoms with Crippen LogP contribution in [0.2, 0.25) is 0 Å². The Morgan fingerprint density at radius 1 is 1.16 bits per heavy atom. The average molecular weight is 426 g/mol. The number of hydrogen-bond acceptors (Lipinski definition) is 8. The van der Waals surface area contributed by atoms with Gasteiger partial charge in [-0.2, -0.15) is 5.10 Å². The fraction of sp³-hybridized carbons (Fsp3) is 0.300. The van der Waals surface area contributed by atoms with Crippen LogP contribution in [0.4, 0.5) is 0 Å². The normalized spacial score (nSPS) is 11.1. The van der Waals surface area contributed by atoms with Crippen LogP contribution in [0, 0.1) is 13.8 Å². The molecule has 0 radical (unpaired) electrons. The molecule has 0 atom stereocenters. The van der Waals surface area contributed by atoms with Gasteiger partial charge in [-0.3, -0.25) is 14.2 Å². The van der Waals surface area contributed by atoms with Crippen molar-refractivity contribution in [2.24, 2.45) is 0 Å². The lowest BCUT2D eigenvalue weighted by Crippen LogP contribution is -2.23. The molecule has 0 aliphatic rings. The van der Waals surface area contributed by atoms with Crippen LogP contribution >= 0.6 is 0 Å². The van der Waals surface area contributed by atoms with Crippen molar-refractivity contribution in [3.05, 3.63) is 64.0 Å². The smallest absolute Gasteiger partial charge is 0.336 e. The van der Waals surface area contributed by atoms with Crippen LogP contribution in [0.15, 0.2) is 40.2 Å². The molecule has 0 fully saturated rings. The number of rotatable bonds is 7. The molecule has 4 rings (SSSR count). The Kier molecular flexibility index (Phi) is 5.24. The van der Waals surface area contributed by atoms with E-state index in [1.54, 1.807) is 23.1 Å². The van der Waals surface area contributed by atoms with E-state index in [2.05, 4.69) is 15.2 Å². The van der Waals surface area contributed by atoms with Gasteiger partial charge < -0.3 is 19.1 Å². The summed E-state index contributed by atoms with van der Waals surface area (Å²) in [7, 11) is 3.03. The Balaban J connectivity index is 1.64. The molecule has 1 N–H and O–H groups in total. The Bertz CT molecular complexity index is 1260. The maximum Gasteiger partial charge on any atom is 0.336 e. The van der Waals surface area contributed by atoms with E-state index in [1.165, 1.54) is 35.7 Å². The van der Waals surface area contributed by atoms with Crippen molar-refractivity contribution < 1.29 is 19.1 Å². The van der Waals surface area contributed by atoms with Crippen molar-refractivity contribution in [3.63, 3.8) is 0 Å². The number of ether oxygens (including phenoxy) is 2. The van der Waals surface area contributed by atoms with Gasteiger partial charge >= 0.3 is 5.69 Å². The van der Waals surface area contributed by atoms with Crippen LogP contribution in [-0.2, 0) is 13.1 Å². The third kappa shape index (κ3) is 3.65. The number of nitrogens with zero attached hydrogens (tertiary/aromatic N) is 6. The van der Waals surface area contributed by atoms with Crippen molar-refractivity contribution in [1.29, 1.82) is 0 Å². The summed E-state index contributed by atoms with van der Waals surface area (Å²) in [6.45, 7) is 4.21. The lowest BCUT2D eigenvalue weighted by molar-refractivity contribution is 0.348. The van der Waals surface area contributed by atoms with Gasteiger partial charge in [0, 0.05) is 24.0 Å². The lowest BCUT2D eigenvalue weighted by Gasteiger charge is -2.11. The minimum Gasteiger partial charge on any atom is -0.493 e. The third-order valence-electron chi connectivity index (χ3n) is 5.00. The van der Waals surface area contributed by atoms with Crippen LogP contribution in [0.1, 0.15) is 22.7 Å². The summed E-state index contributed by atoms with van der Waals surface area (Å²) in [5, 5.41) is 18.7. The Labute approximate surface area is 177 Å². The SMILES string of the molecule is COc1ccnc(Cn2cc(O)n(-c3cnn(Cc4c(C)noc4C)c3)c2=O)c1OC. The van der Waals surface area contributed by atoms with E-state index in [0.29, 0.717) is 35.2 Å². The van der Waals surface area contributed by atoms with Gasteiger partial charge in [-0.15, -0.1) is 0 Å². The molecular weight excluding hydrogens is 404 g/mol. The Morgan fingerprint density at radius 3 is 2.65 bits per heavy atom. The van der Waals surface area contributed by atoms with Crippen molar-refractivity contribution >= 4 is 0 Å². The summed E-state index contributed by atoms with van der Waals surface area (Å²) in [4.78, 5) is 17.3. The van der Waals surface area contributed by atoms with Gasteiger partial charge in [0.15, 0.2) is 11.5 Å². The molecule has 162 valence electrons. The van der Waals surface area contributed by atoms with Gasteiger partial charge in [-0.05, 0) is 13.8 Å². The maximum absolute atomic E-state index is 13.0. The quantitative estimate of drug-likeness (QED) is 0.473. The van der Waals surface area contributed by atoms with E-state index in [1.807, 2.05) is 13.8 Å². The zero-order valence-corrected chi connectivity index (χ0v) is 17.6. The summed E-state index contributed by atoms with van der Waals surface area (Å²) in [6, 6.07) is 1.67. The zero-order valence-electron chi connectivity index (χ0n) is 17.6. The van der Waals surface area contributed by atoms with E-state index in [0.717, 1.165) is 11.3 Å². The molecular formula is C20H22N6O5. The monoisotopic (exact) mass is 426 g/mol. The van der Waals surface area contributed by atoms with E-state index in [9.17, 15) is 9.90 Å². The molecule has 0 saturated carbocycles. The summed E-state index contributed by atoms with van der Waals surface area (Å²) in [6.07, 6.45) is 6.08. The highest BCUT2D eigenvalue weighted by atomic mass is 16.5. The topological polar surface area (TPSA) is 122 Å². The highest BCUT2D eigenvalue weighted by Crippen LogP contribution is 2.29. The molecule has 11 heteroatoms. The Hall–Kier alpha value is -4.02. The molecule has 0 aliphatic heterocycles. The first-order valence-corrected chi connectivity index (χ1v) is 9.44. The van der Waals surface area contributed by atoms with Gasteiger partial charge in [0.05, 0.1) is 51.1 Å². The fourth-order valence-electron chi connectivity index (χ4n) is 3.40. The van der Waals surface area contributed by atoms with Gasteiger partial charge in [-0.25, -0.2) is 9.36 Å². The van der Waals surface area contributed by atoms with Crippen LogP contribution in [0.5, 0.6) is 17.4 Å². The molecule has 0 unspecified atom stereocenters. The van der Waals surface area contributed by atoms with E-state index in [4.69, 9.17) is 14.0 Å². The van der Waals surface area contributed by atoms with E-state index < -0.39 is 5.69 Å². The molecule has 0 saturated heterocycles. The second-order valence-electron chi connectivity index (χ2n) is 6.93. The van der Waals surface area contributed by atoms with Crippen LogP contribution in [0.3, 0.4) is 0 Å². The molecule has 4 aromatic rings. The first kappa shape index (κ1) is 20.3. The minimum atomic E-state index is -0.443. The lowest BCUT2D eigenvalue weighted by atomic mass is 10.2. The van der Waals surface area contributed by atoms with Crippen LogP contribution in [-0.4, -0.2) is 48.4 Å². The maximum atomic E-state index is 13.0. The number of hydrogen-bond donors (Lipinski definition) is 1. The largest absolute Gasteiger partial charge is 0.493 e. The van der Waals surface area contributed by atoms with E-state index >= 15 is 0 Å². The number of aromatic nitrogens is 6. The van der Waals surface area contributed by atoms with Gasteiger partial charge in [0.2, 0.25) is 5.88 Å². The number of aryl methyl sites for hydroxylation is 2. The molecule has 11 nitrogen and oxygen atoms in total. The number of aromatic hydroxyl groups is 1. The fourth-order valence-corrected chi connectivity index (χ4v) is 3.40. The molecule has 4 aromatic heterocycles. The van der Waals surface area contributed by atoms with Crippen molar-refractivity contribution in [1.82, 2.24) is 29.1 Å². The zero-order chi connectivity index (χ0) is 22.1. The second kappa shape index (κ2) is 8.01. The number of methoxy groups -OCH3 is 2. The molecule has 0 aromatic carbocycles. The second-order valence-corrected chi connectivity index (χ2v) is 6.93. The minimum absolute atomic E-state index is 0.0903. The van der Waals surface area contributed by atoms with Crippen molar-refractivity contribution in [2.75, 3.05) is 14.2 Å². The molecule has 4 heterocycles. The van der Waals surface area contributed by atoms with Crippen LogP contribution in [0.25, 0.3) is 5.69 Å². The summed E-state index contributed by atoms with van der Waals surface area (Å²) < 4.78 is 20.0. The number of imidazole rings is 1. The van der Waals surface area contributed by atoms with E-state index in [-0.39, 0.29) is 12.4 Å². The molecule has 0 spiro atoms. The molecule has 0 bridgehead atoms. The summed E-state index contributed by atoms with van der Waals surface area (Å²) in [5.74, 6) is 1.42. The first-order valence-electron chi connectivity index (χ1n) is 9.44. The van der Waals surface area contributed by atoms with Gasteiger partial charge in [0.1, 0.15) is 11.5 Å². The summed E-state index contributed by atoms with van der Waals surface area (Å²) >= 11 is 0. The van der Waals surface area contributed by atoms with Crippen LogP contribution < -0.4 is 15.2 Å². The Morgan fingerprint density at radius 2 is 1.97 bits per heavy atom. The third-order valence-corrected chi connectivity index (χ3v) is 5.00. The number of pyridine rings is 1.